The number of benzene rings is 2. The summed E-state index contributed by atoms with van der Waals surface area (Å²) in [4.78, 5) is 19.8. The van der Waals surface area contributed by atoms with Crippen LogP contribution < -0.4 is 9.05 Å². The summed E-state index contributed by atoms with van der Waals surface area (Å²) in [5, 5.41) is 0. The Kier molecular flexibility index (Phi) is 3.46. The van der Waals surface area contributed by atoms with Crippen molar-refractivity contribution in [3.05, 3.63) is 60.7 Å². The van der Waals surface area contributed by atoms with Crippen molar-refractivity contribution < 1.29 is 18.8 Å². The maximum atomic E-state index is 9.89. The Hall–Kier alpha value is -1.32. The number of hydrogen-bond acceptors (Lipinski definition) is 4. The molecule has 0 saturated heterocycles. The van der Waals surface area contributed by atoms with E-state index in [-0.39, 0.29) is 11.5 Å². The molecular formula is C12H12ClO4P. The Labute approximate surface area is 109 Å². The fourth-order valence-corrected chi connectivity index (χ4v) is 2.80. The summed E-state index contributed by atoms with van der Waals surface area (Å²) < 4.78 is 9.96. The number of para-hydroxylation sites is 2. The molecule has 0 atom stereocenters. The molecule has 6 heteroatoms. The third-order valence-corrected chi connectivity index (χ3v) is 3.45. The number of halogens is 1. The molecule has 0 aliphatic rings. The summed E-state index contributed by atoms with van der Waals surface area (Å²) in [6, 6.07) is 16.4. The summed E-state index contributed by atoms with van der Waals surface area (Å²) in [5.41, 5.74) is 0. The monoisotopic (exact) mass is 286 g/mol. The molecule has 0 amide bonds. The molecule has 0 aliphatic carbocycles. The molecule has 0 radical (unpaired) electrons. The van der Waals surface area contributed by atoms with E-state index >= 15 is 0 Å². The molecule has 0 aromatic heterocycles. The first kappa shape index (κ1) is 13.1. The van der Waals surface area contributed by atoms with Gasteiger partial charge < -0.3 is 0 Å². The summed E-state index contributed by atoms with van der Waals surface area (Å²) in [6.07, 6.45) is 0. The van der Waals surface area contributed by atoms with Gasteiger partial charge in [-0.15, -0.1) is 0 Å². The van der Waals surface area contributed by atoms with E-state index in [4.69, 9.17) is 20.3 Å². The predicted octanol–water partition coefficient (Wildman–Crippen LogP) is 3.50. The van der Waals surface area contributed by atoms with Gasteiger partial charge in [0.15, 0.2) is 0 Å². The van der Waals surface area contributed by atoms with Crippen molar-refractivity contribution in [1.82, 2.24) is 0 Å². The first-order valence-electron chi connectivity index (χ1n) is 5.16. The van der Waals surface area contributed by atoms with E-state index in [0.29, 0.717) is 0 Å². The SMILES string of the molecule is OP(O)(Cl)(Oc1ccccc1)Oc1ccccc1. The van der Waals surface area contributed by atoms with E-state index in [0.717, 1.165) is 0 Å². The molecule has 96 valence electrons. The van der Waals surface area contributed by atoms with Gasteiger partial charge in [0.05, 0.1) is 0 Å². The van der Waals surface area contributed by atoms with Crippen molar-refractivity contribution in [2.75, 3.05) is 0 Å². The Morgan fingerprint density at radius 1 is 0.722 bits per heavy atom. The van der Waals surface area contributed by atoms with E-state index in [1.54, 1.807) is 60.7 Å². The summed E-state index contributed by atoms with van der Waals surface area (Å²) in [6.45, 7) is -5.19. The first-order valence-corrected chi connectivity index (χ1v) is 8.05. The van der Waals surface area contributed by atoms with Crippen LogP contribution in [0.4, 0.5) is 0 Å². The topological polar surface area (TPSA) is 58.9 Å². The molecule has 0 unspecified atom stereocenters. The third kappa shape index (κ3) is 3.86. The van der Waals surface area contributed by atoms with Crippen LogP contribution in [0.1, 0.15) is 0 Å². The van der Waals surface area contributed by atoms with Crippen molar-refractivity contribution >= 4 is 18.1 Å². The van der Waals surface area contributed by atoms with Crippen molar-refractivity contribution in [2.45, 2.75) is 0 Å². The Morgan fingerprint density at radius 2 is 1.06 bits per heavy atom. The molecule has 0 saturated carbocycles. The van der Waals surface area contributed by atoms with Gasteiger partial charge in [0, 0.05) is 0 Å². The fourth-order valence-electron chi connectivity index (χ4n) is 1.34. The molecule has 2 aromatic carbocycles. The summed E-state index contributed by atoms with van der Waals surface area (Å²) in [5.74, 6) is 0.428. The molecule has 4 nitrogen and oxygen atoms in total. The molecule has 0 fully saturated rings. The standard InChI is InChI=1S/C12H12ClO4P/c13-18(14,15,16-11-7-3-1-4-8-11)17-12-9-5-2-6-10-12/h1-10,14-15H. The van der Waals surface area contributed by atoms with E-state index in [9.17, 15) is 9.79 Å². The number of rotatable bonds is 4. The minimum atomic E-state index is -5.19. The van der Waals surface area contributed by atoms with Crippen molar-refractivity contribution in [3.8, 4) is 11.5 Å². The predicted molar refractivity (Wildman–Crippen MR) is 71.4 cm³/mol. The van der Waals surface area contributed by atoms with Crippen LogP contribution in [0.2, 0.25) is 0 Å². The molecular weight excluding hydrogens is 275 g/mol. The summed E-state index contributed by atoms with van der Waals surface area (Å²) >= 11 is 5.66. The second-order valence-corrected chi connectivity index (χ2v) is 7.25. The minimum absolute atomic E-state index is 0.214. The average Bonchev–Trinajstić information content (AvgIpc) is 2.29. The van der Waals surface area contributed by atoms with Gasteiger partial charge in [-0.1, -0.05) is 0 Å². The molecule has 0 bridgehead atoms. The molecule has 0 spiro atoms. The fraction of sp³-hybridized carbons (Fsp3) is 0. The van der Waals surface area contributed by atoms with E-state index in [1.807, 2.05) is 0 Å². The molecule has 18 heavy (non-hydrogen) atoms. The van der Waals surface area contributed by atoms with Crippen LogP contribution in [-0.2, 0) is 0 Å². The molecule has 0 aliphatic heterocycles. The van der Waals surface area contributed by atoms with E-state index in [2.05, 4.69) is 0 Å². The van der Waals surface area contributed by atoms with Gasteiger partial charge in [0.25, 0.3) is 0 Å². The Balaban J connectivity index is 2.17. The van der Waals surface area contributed by atoms with Gasteiger partial charge in [-0.3, -0.25) is 0 Å². The summed E-state index contributed by atoms with van der Waals surface area (Å²) in [7, 11) is 0. The van der Waals surface area contributed by atoms with Gasteiger partial charge in [-0.25, -0.2) is 0 Å². The van der Waals surface area contributed by atoms with Crippen LogP contribution in [0.25, 0.3) is 0 Å². The van der Waals surface area contributed by atoms with Crippen LogP contribution >= 0.6 is 18.1 Å². The van der Waals surface area contributed by atoms with Crippen LogP contribution in [0.5, 0.6) is 11.5 Å². The normalized spacial score (nSPS) is 13.4. The van der Waals surface area contributed by atoms with E-state index in [1.165, 1.54) is 0 Å². The van der Waals surface area contributed by atoms with Crippen LogP contribution in [0.15, 0.2) is 60.7 Å². The van der Waals surface area contributed by atoms with Crippen LogP contribution in [0.3, 0.4) is 0 Å². The second kappa shape index (κ2) is 4.75. The van der Waals surface area contributed by atoms with Crippen LogP contribution in [-0.4, -0.2) is 9.79 Å². The molecule has 2 aromatic rings. The zero-order valence-corrected chi connectivity index (χ0v) is 11.0. The average molecular weight is 287 g/mol. The van der Waals surface area contributed by atoms with Gasteiger partial charge in [-0.2, -0.15) is 0 Å². The van der Waals surface area contributed by atoms with Crippen molar-refractivity contribution in [1.29, 1.82) is 0 Å². The third-order valence-electron chi connectivity index (χ3n) is 2.00. The van der Waals surface area contributed by atoms with Crippen molar-refractivity contribution in [2.24, 2.45) is 0 Å². The van der Waals surface area contributed by atoms with Crippen LogP contribution in [0, 0.1) is 0 Å². The Bertz CT molecular complexity index is 464. The zero-order valence-electron chi connectivity index (χ0n) is 9.31. The first-order chi connectivity index (χ1) is 8.42. The van der Waals surface area contributed by atoms with Gasteiger partial charge >= 0.3 is 109 Å². The van der Waals surface area contributed by atoms with Gasteiger partial charge in [0.2, 0.25) is 0 Å². The second-order valence-electron chi connectivity index (χ2n) is 3.59. The van der Waals surface area contributed by atoms with Crippen molar-refractivity contribution in [3.63, 3.8) is 0 Å². The maximum absolute atomic E-state index is 9.89. The van der Waals surface area contributed by atoms with Gasteiger partial charge in [-0.05, 0) is 0 Å². The molecule has 2 rings (SSSR count). The Morgan fingerprint density at radius 3 is 1.39 bits per heavy atom. The number of hydrogen-bond donors (Lipinski definition) is 2. The zero-order chi connectivity index (χ0) is 13.1. The molecule has 2 N–H and O–H groups in total. The molecule has 0 heterocycles. The van der Waals surface area contributed by atoms with Gasteiger partial charge in [0.1, 0.15) is 0 Å². The quantitative estimate of drug-likeness (QED) is 0.845. The van der Waals surface area contributed by atoms with E-state index < -0.39 is 6.86 Å².